The highest BCUT2D eigenvalue weighted by atomic mass is 16.7. The van der Waals surface area contributed by atoms with Gasteiger partial charge in [-0.25, -0.2) is 9.97 Å². The second-order valence-corrected chi connectivity index (χ2v) is 7.74. The van der Waals surface area contributed by atoms with E-state index < -0.39 is 0 Å². The van der Waals surface area contributed by atoms with E-state index in [4.69, 9.17) is 19.4 Å². The zero-order valence-electron chi connectivity index (χ0n) is 17.2. The van der Waals surface area contributed by atoms with Crippen molar-refractivity contribution < 1.29 is 9.47 Å². The molecule has 0 atom stereocenters. The number of pyridine rings is 2. The largest absolute Gasteiger partial charge is 0.454 e. The van der Waals surface area contributed by atoms with Gasteiger partial charge in [-0.3, -0.25) is 10.1 Å². The Morgan fingerprint density at radius 2 is 1.73 bits per heavy atom. The van der Waals surface area contributed by atoms with Crippen molar-refractivity contribution in [3.8, 4) is 45.5 Å². The second-order valence-electron chi connectivity index (χ2n) is 7.74. The van der Waals surface area contributed by atoms with Crippen LogP contribution in [0.2, 0.25) is 0 Å². The Morgan fingerprint density at radius 3 is 2.67 bits per heavy atom. The number of benzene rings is 2. The van der Waals surface area contributed by atoms with Crippen molar-refractivity contribution in [2.24, 2.45) is 0 Å². The molecule has 0 spiro atoms. The lowest BCUT2D eigenvalue weighted by molar-refractivity contribution is 0.174. The molecule has 0 saturated carbocycles. The number of aromatic amines is 2. The Balaban J connectivity index is 1.37. The molecular weight excluding hydrogens is 416 g/mol. The highest BCUT2D eigenvalue weighted by molar-refractivity contribution is 5.96. The Kier molecular flexibility index (Phi) is 3.74. The molecule has 1 aliphatic rings. The van der Waals surface area contributed by atoms with Crippen LogP contribution < -0.4 is 9.47 Å². The fourth-order valence-electron chi connectivity index (χ4n) is 4.16. The standard InChI is InChI=1S/C25H16N6O2/c1-2-11-26-16(5-1)17-8-9-19-23(27-17)24(31-30-19)25-28-18-6-3-4-15(22(18)29-25)14-7-10-20-21(12-14)33-13-32-20/h1-12H,13H2,(H,28,29)(H,30,31). The maximum atomic E-state index is 5.55. The highest BCUT2D eigenvalue weighted by Crippen LogP contribution is 2.38. The third-order valence-corrected chi connectivity index (χ3v) is 5.76. The third kappa shape index (κ3) is 2.85. The van der Waals surface area contributed by atoms with E-state index in [-0.39, 0.29) is 6.79 Å². The molecule has 0 radical (unpaired) electrons. The summed E-state index contributed by atoms with van der Waals surface area (Å²) in [4.78, 5) is 17.6. The van der Waals surface area contributed by atoms with E-state index in [0.717, 1.165) is 56.1 Å². The average Bonchev–Trinajstić information content (AvgIpc) is 3.60. The maximum Gasteiger partial charge on any atom is 0.231 e. The molecule has 2 N–H and O–H groups in total. The average molecular weight is 432 g/mol. The van der Waals surface area contributed by atoms with E-state index in [0.29, 0.717) is 11.5 Å². The first-order valence-corrected chi connectivity index (χ1v) is 10.5. The summed E-state index contributed by atoms with van der Waals surface area (Å²) in [6.07, 6.45) is 1.76. The Bertz CT molecular complexity index is 1650. The summed E-state index contributed by atoms with van der Waals surface area (Å²) in [7, 11) is 0. The molecule has 0 saturated heterocycles. The summed E-state index contributed by atoms with van der Waals surface area (Å²) >= 11 is 0. The van der Waals surface area contributed by atoms with Gasteiger partial charge in [0, 0.05) is 11.8 Å². The fourth-order valence-corrected chi connectivity index (χ4v) is 4.16. The molecule has 8 heteroatoms. The molecule has 5 heterocycles. The van der Waals surface area contributed by atoms with Gasteiger partial charge in [-0.05, 0) is 48.0 Å². The third-order valence-electron chi connectivity index (χ3n) is 5.76. The summed E-state index contributed by atoms with van der Waals surface area (Å²) in [5, 5.41) is 7.57. The van der Waals surface area contributed by atoms with Gasteiger partial charge in [0.05, 0.1) is 27.9 Å². The molecule has 6 aromatic rings. The fraction of sp³-hybridized carbons (Fsp3) is 0.0400. The van der Waals surface area contributed by atoms with Crippen LogP contribution in [0.4, 0.5) is 0 Å². The van der Waals surface area contributed by atoms with E-state index in [1.807, 2.05) is 66.7 Å². The smallest absolute Gasteiger partial charge is 0.231 e. The van der Waals surface area contributed by atoms with Gasteiger partial charge in [0.15, 0.2) is 23.0 Å². The molecule has 4 aromatic heterocycles. The number of fused-ring (bicyclic) bond motifs is 3. The number of rotatable bonds is 3. The number of aromatic nitrogens is 6. The Hall–Kier alpha value is -4.72. The lowest BCUT2D eigenvalue weighted by Gasteiger charge is -2.04. The van der Waals surface area contributed by atoms with Crippen molar-refractivity contribution in [1.82, 2.24) is 30.1 Å². The number of imidazole rings is 1. The summed E-state index contributed by atoms with van der Waals surface area (Å²) in [5.41, 5.74) is 7.59. The van der Waals surface area contributed by atoms with Gasteiger partial charge in [-0.15, -0.1) is 0 Å². The van der Waals surface area contributed by atoms with Gasteiger partial charge < -0.3 is 14.5 Å². The maximum absolute atomic E-state index is 5.55. The number of H-pyrrole nitrogens is 2. The van der Waals surface area contributed by atoms with E-state index in [9.17, 15) is 0 Å². The first kappa shape index (κ1) is 17.9. The Morgan fingerprint density at radius 1 is 0.758 bits per heavy atom. The number of ether oxygens (including phenoxy) is 2. The van der Waals surface area contributed by atoms with Crippen molar-refractivity contribution in [2.45, 2.75) is 0 Å². The number of nitrogens with one attached hydrogen (secondary N) is 2. The molecule has 33 heavy (non-hydrogen) atoms. The predicted molar refractivity (Wildman–Crippen MR) is 124 cm³/mol. The SMILES string of the molecule is c1ccc(-c2ccc3[nH]nc(-c4nc5c(-c6ccc7c(c6)OCO7)cccc5[nH]4)c3n2)nc1. The predicted octanol–water partition coefficient (Wildman–Crippen LogP) is 4.96. The van der Waals surface area contributed by atoms with Crippen molar-refractivity contribution in [3.63, 3.8) is 0 Å². The van der Waals surface area contributed by atoms with Crippen LogP contribution in [0, 0.1) is 0 Å². The van der Waals surface area contributed by atoms with Crippen LogP contribution >= 0.6 is 0 Å². The van der Waals surface area contributed by atoms with Crippen LogP contribution in [0.5, 0.6) is 11.5 Å². The zero-order chi connectivity index (χ0) is 21.8. The van der Waals surface area contributed by atoms with Gasteiger partial charge >= 0.3 is 0 Å². The molecule has 0 aliphatic carbocycles. The topological polar surface area (TPSA) is 102 Å². The van der Waals surface area contributed by atoms with Crippen LogP contribution in [-0.4, -0.2) is 36.9 Å². The lowest BCUT2D eigenvalue weighted by Crippen LogP contribution is -1.92. The summed E-state index contributed by atoms with van der Waals surface area (Å²) in [5.74, 6) is 2.14. The van der Waals surface area contributed by atoms with Crippen LogP contribution in [0.25, 0.3) is 56.1 Å². The van der Waals surface area contributed by atoms with Crippen LogP contribution in [0.1, 0.15) is 0 Å². The summed E-state index contributed by atoms with van der Waals surface area (Å²) < 4.78 is 11.0. The van der Waals surface area contributed by atoms with Gasteiger partial charge in [0.2, 0.25) is 6.79 Å². The number of hydrogen-bond acceptors (Lipinski definition) is 6. The van der Waals surface area contributed by atoms with Gasteiger partial charge in [-0.1, -0.05) is 24.3 Å². The van der Waals surface area contributed by atoms with Crippen molar-refractivity contribution >= 4 is 22.1 Å². The lowest BCUT2D eigenvalue weighted by atomic mass is 10.0. The normalized spacial score (nSPS) is 12.6. The minimum atomic E-state index is 0.245. The van der Waals surface area contributed by atoms with Gasteiger partial charge in [-0.2, -0.15) is 5.10 Å². The molecule has 8 nitrogen and oxygen atoms in total. The molecular formula is C25H16N6O2. The first-order valence-electron chi connectivity index (χ1n) is 10.5. The van der Waals surface area contributed by atoms with Crippen molar-refractivity contribution in [2.75, 3.05) is 6.79 Å². The molecule has 2 aromatic carbocycles. The van der Waals surface area contributed by atoms with E-state index in [1.165, 1.54) is 0 Å². The second kappa shape index (κ2) is 6.89. The van der Waals surface area contributed by atoms with Crippen molar-refractivity contribution in [1.29, 1.82) is 0 Å². The number of hydrogen-bond donors (Lipinski definition) is 2. The van der Waals surface area contributed by atoms with Crippen molar-refractivity contribution in [3.05, 3.63) is 72.9 Å². The molecule has 0 fully saturated rings. The van der Waals surface area contributed by atoms with Gasteiger partial charge in [0.25, 0.3) is 0 Å². The molecule has 0 amide bonds. The minimum absolute atomic E-state index is 0.245. The zero-order valence-corrected chi connectivity index (χ0v) is 17.2. The molecule has 1 aliphatic heterocycles. The first-order chi connectivity index (χ1) is 16.3. The van der Waals surface area contributed by atoms with Crippen LogP contribution in [0.3, 0.4) is 0 Å². The molecule has 158 valence electrons. The van der Waals surface area contributed by atoms with E-state index in [1.54, 1.807) is 6.20 Å². The monoisotopic (exact) mass is 432 g/mol. The van der Waals surface area contributed by atoms with E-state index in [2.05, 4.69) is 20.2 Å². The number of nitrogens with zero attached hydrogens (tertiary/aromatic N) is 4. The highest BCUT2D eigenvalue weighted by Gasteiger charge is 2.19. The summed E-state index contributed by atoms with van der Waals surface area (Å²) in [6, 6.07) is 21.6. The minimum Gasteiger partial charge on any atom is -0.454 e. The summed E-state index contributed by atoms with van der Waals surface area (Å²) in [6.45, 7) is 0.245. The molecule has 0 bridgehead atoms. The quantitative estimate of drug-likeness (QED) is 0.410. The van der Waals surface area contributed by atoms with Gasteiger partial charge in [0.1, 0.15) is 5.52 Å². The van der Waals surface area contributed by atoms with Crippen LogP contribution in [-0.2, 0) is 0 Å². The van der Waals surface area contributed by atoms with E-state index >= 15 is 0 Å². The Labute approximate surface area is 187 Å². The van der Waals surface area contributed by atoms with Crippen LogP contribution in [0.15, 0.2) is 72.9 Å². The molecule has 7 rings (SSSR count). The number of para-hydroxylation sites is 1. The molecule has 0 unspecified atom stereocenters.